The van der Waals surface area contributed by atoms with E-state index in [1.54, 1.807) is 4.90 Å². The van der Waals surface area contributed by atoms with Gasteiger partial charge in [0.25, 0.3) is 0 Å². The topological polar surface area (TPSA) is 60.2 Å². The van der Waals surface area contributed by atoms with Gasteiger partial charge in [0, 0.05) is 24.1 Å². The van der Waals surface area contributed by atoms with Crippen LogP contribution in [-0.2, 0) is 11.3 Å². The maximum atomic E-state index is 12.1. The van der Waals surface area contributed by atoms with Crippen LogP contribution < -0.4 is 0 Å². The zero-order valence-electron chi connectivity index (χ0n) is 14.3. The van der Waals surface area contributed by atoms with E-state index in [9.17, 15) is 4.79 Å². The molecule has 0 aliphatic carbocycles. The maximum Gasteiger partial charge on any atom is 0.410 e. The van der Waals surface area contributed by atoms with Crippen molar-refractivity contribution in [2.24, 2.45) is 5.92 Å². The maximum absolute atomic E-state index is 12.1. The van der Waals surface area contributed by atoms with E-state index in [0.717, 1.165) is 48.0 Å². The van der Waals surface area contributed by atoms with E-state index in [4.69, 9.17) is 4.74 Å². The minimum absolute atomic E-state index is 0.213. The summed E-state index contributed by atoms with van der Waals surface area (Å²) in [6, 6.07) is 5.94. The Morgan fingerprint density at radius 2 is 2.04 bits per heavy atom. The largest absolute Gasteiger partial charge is 0.444 e. The number of nitrogens with zero attached hydrogens (tertiary/aromatic N) is 4. The Hall–Kier alpha value is -1.63. The van der Waals surface area contributed by atoms with Gasteiger partial charge in [0.05, 0.1) is 0 Å². The third-order valence-corrected chi connectivity index (χ3v) is 4.82. The fraction of sp³-hybridized carbons (Fsp3) is 0.588. The Kier molecular flexibility index (Phi) is 4.80. The Morgan fingerprint density at radius 3 is 2.71 bits per heavy atom. The molecule has 3 rings (SSSR count). The van der Waals surface area contributed by atoms with Gasteiger partial charge in [-0.15, -0.1) is 5.10 Å². The molecule has 2 aromatic rings. The monoisotopic (exact) mass is 394 g/mol. The Bertz CT molecular complexity index is 730. The molecule has 24 heavy (non-hydrogen) atoms. The molecule has 1 aliphatic rings. The Morgan fingerprint density at radius 1 is 1.33 bits per heavy atom. The number of amides is 1. The highest BCUT2D eigenvalue weighted by atomic mass is 79.9. The summed E-state index contributed by atoms with van der Waals surface area (Å²) < 4.78 is 8.42. The standard InChI is InChI=1S/C17H23BrN4O2/c1-17(2,3)24-16(23)21-9-7-12(8-10-21)11-22-15-13(18)5-4-6-14(15)19-20-22/h4-6,12H,7-11H2,1-3H3. The SMILES string of the molecule is CC(C)(C)OC(=O)N1CCC(Cn2nnc3cccc(Br)c32)CC1. The fourth-order valence-corrected chi connectivity index (χ4v) is 3.54. The molecule has 0 spiro atoms. The average molecular weight is 395 g/mol. The predicted octanol–water partition coefficient (Wildman–Crippen LogP) is 3.84. The van der Waals surface area contributed by atoms with Gasteiger partial charge in [-0.3, -0.25) is 0 Å². The lowest BCUT2D eigenvalue weighted by atomic mass is 9.97. The third kappa shape index (κ3) is 3.88. The summed E-state index contributed by atoms with van der Waals surface area (Å²) in [5.41, 5.74) is 1.49. The number of hydrogen-bond acceptors (Lipinski definition) is 4. The summed E-state index contributed by atoms with van der Waals surface area (Å²) in [4.78, 5) is 13.9. The highest BCUT2D eigenvalue weighted by Crippen LogP contribution is 2.25. The van der Waals surface area contributed by atoms with Crippen LogP contribution in [0, 0.1) is 5.92 Å². The Balaban J connectivity index is 1.60. The number of benzene rings is 1. The minimum atomic E-state index is -0.445. The van der Waals surface area contributed by atoms with Gasteiger partial charge in [0.1, 0.15) is 16.6 Å². The van der Waals surface area contributed by atoms with Crippen molar-refractivity contribution in [1.82, 2.24) is 19.9 Å². The van der Waals surface area contributed by atoms with Gasteiger partial charge in [-0.1, -0.05) is 11.3 Å². The number of fused-ring (bicyclic) bond motifs is 1. The highest BCUT2D eigenvalue weighted by Gasteiger charge is 2.27. The van der Waals surface area contributed by atoms with Crippen molar-refractivity contribution in [3.05, 3.63) is 22.7 Å². The average Bonchev–Trinajstić information content (AvgIpc) is 2.91. The van der Waals surface area contributed by atoms with Crippen LogP contribution in [0.2, 0.25) is 0 Å². The van der Waals surface area contributed by atoms with Crippen molar-refractivity contribution in [2.45, 2.75) is 45.8 Å². The number of ether oxygens (including phenoxy) is 1. The number of halogens is 1. The summed E-state index contributed by atoms with van der Waals surface area (Å²) in [6.45, 7) is 7.96. The molecule has 0 bridgehead atoms. The molecule has 0 unspecified atom stereocenters. The first-order valence-corrected chi connectivity index (χ1v) is 9.08. The van der Waals surface area contributed by atoms with Gasteiger partial charge in [-0.2, -0.15) is 0 Å². The molecule has 1 saturated heterocycles. The molecule has 1 aliphatic heterocycles. The van der Waals surface area contributed by atoms with E-state index >= 15 is 0 Å². The van der Waals surface area contributed by atoms with Gasteiger partial charge in [0.2, 0.25) is 0 Å². The molecule has 1 aromatic carbocycles. The van der Waals surface area contributed by atoms with Crippen LogP contribution in [0.1, 0.15) is 33.6 Å². The number of rotatable bonds is 2. The number of carbonyl (C=O) groups is 1. The molecule has 0 saturated carbocycles. The zero-order chi connectivity index (χ0) is 17.3. The van der Waals surface area contributed by atoms with Crippen LogP contribution in [0.3, 0.4) is 0 Å². The van der Waals surface area contributed by atoms with E-state index in [1.165, 1.54) is 0 Å². The van der Waals surface area contributed by atoms with E-state index in [2.05, 4.69) is 26.2 Å². The molecule has 6 nitrogen and oxygen atoms in total. The van der Waals surface area contributed by atoms with Crippen LogP contribution in [0.25, 0.3) is 11.0 Å². The summed E-state index contributed by atoms with van der Waals surface area (Å²) in [6.07, 6.45) is 1.69. The minimum Gasteiger partial charge on any atom is -0.444 e. The predicted molar refractivity (Wildman–Crippen MR) is 95.8 cm³/mol. The summed E-state index contributed by atoms with van der Waals surface area (Å²) >= 11 is 3.58. The number of carbonyl (C=O) groups excluding carboxylic acids is 1. The first-order chi connectivity index (χ1) is 11.3. The first-order valence-electron chi connectivity index (χ1n) is 8.29. The Labute approximate surface area is 150 Å². The van der Waals surface area contributed by atoms with Crippen LogP contribution in [0.5, 0.6) is 0 Å². The summed E-state index contributed by atoms with van der Waals surface area (Å²) in [7, 11) is 0. The number of likely N-dealkylation sites (tertiary alicyclic amines) is 1. The highest BCUT2D eigenvalue weighted by molar-refractivity contribution is 9.10. The van der Waals surface area contributed by atoms with Crippen molar-refractivity contribution in [2.75, 3.05) is 13.1 Å². The van der Waals surface area contributed by atoms with E-state index in [-0.39, 0.29) is 6.09 Å². The second kappa shape index (κ2) is 6.70. The molecule has 1 amide bonds. The lowest BCUT2D eigenvalue weighted by molar-refractivity contribution is 0.0177. The summed E-state index contributed by atoms with van der Waals surface area (Å²) in [5, 5.41) is 8.51. The molecule has 0 atom stereocenters. The molecular weight excluding hydrogens is 372 g/mol. The number of aromatic nitrogens is 3. The fourth-order valence-electron chi connectivity index (χ4n) is 2.98. The second-order valence-corrected chi connectivity index (χ2v) is 8.14. The van der Waals surface area contributed by atoms with E-state index in [1.807, 2.05) is 43.7 Å². The first kappa shape index (κ1) is 17.2. The molecule has 0 N–H and O–H groups in total. The van der Waals surface area contributed by atoms with Crippen molar-refractivity contribution in [1.29, 1.82) is 0 Å². The van der Waals surface area contributed by atoms with Crippen LogP contribution >= 0.6 is 15.9 Å². The van der Waals surface area contributed by atoms with Gasteiger partial charge < -0.3 is 9.64 Å². The van der Waals surface area contributed by atoms with E-state index in [0.29, 0.717) is 5.92 Å². The van der Waals surface area contributed by atoms with Crippen LogP contribution in [-0.4, -0.2) is 44.7 Å². The van der Waals surface area contributed by atoms with Gasteiger partial charge in [0.15, 0.2) is 0 Å². The number of para-hydroxylation sites is 1. The molecular formula is C17H23BrN4O2. The lowest BCUT2D eigenvalue weighted by Gasteiger charge is -2.33. The molecule has 0 radical (unpaired) electrons. The van der Waals surface area contributed by atoms with Crippen molar-refractivity contribution < 1.29 is 9.53 Å². The molecule has 2 heterocycles. The normalized spacial score (nSPS) is 16.6. The molecule has 130 valence electrons. The van der Waals surface area contributed by atoms with Crippen molar-refractivity contribution in [3.8, 4) is 0 Å². The molecule has 1 fully saturated rings. The quantitative estimate of drug-likeness (QED) is 0.775. The number of hydrogen-bond donors (Lipinski definition) is 0. The third-order valence-electron chi connectivity index (χ3n) is 4.18. The van der Waals surface area contributed by atoms with Crippen LogP contribution in [0.15, 0.2) is 22.7 Å². The van der Waals surface area contributed by atoms with Crippen LogP contribution in [0.4, 0.5) is 4.79 Å². The van der Waals surface area contributed by atoms with Gasteiger partial charge >= 0.3 is 6.09 Å². The number of piperidine rings is 1. The van der Waals surface area contributed by atoms with Gasteiger partial charge in [-0.05, 0) is 67.6 Å². The summed E-state index contributed by atoms with van der Waals surface area (Å²) in [5.74, 6) is 0.487. The zero-order valence-corrected chi connectivity index (χ0v) is 15.9. The lowest BCUT2D eigenvalue weighted by Crippen LogP contribution is -2.42. The second-order valence-electron chi connectivity index (χ2n) is 7.29. The smallest absolute Gasteiger partial charge is 0.410 e. The molecule has 1 aromatic heterocycles. The van der Waals surface area contributed by atoms with Crippen molar-refractivity contribution >= 4 is 33.1 Å². The molecule has 7 heteroatoms. The van der Waals surface area contributed by atoms with Crippen molar-refractivity contribution in [3.63, 3.8) is 0 Å². The van der Waals surface area contributed by atoms with E-state index < -0.39 is 5.60 Å². The van der Waals surface area contributed by atoms with Gasteiger partial charge in [-0.25, -0.2) is 9.48 Å².